The van der Waals surface area contributed by atoms with E-state index in [1.165, 1.54) is 11.0 Å². The summed E-state index contributed by atoms with van der Waals surface area (Å²) in [5.41, 5.74) is 0. The van der Waals surface area contributed by atoms with Gasteiger partial charge in [-0.25, -0.2) is 13.1 Å². The Morgan fingerprint density at radius 1 is 1.36 bits per heavy atom. The van der Waals surface area contributed by atoms with Gasteiger partial charge in [0.2, 0.25) is 10.0 Å². The topological polar surface area (TPSA) is 92.8 Å². The first kappa shape index (κ1) is 16.3. The molecule has 22 heavy (non-hydrogen) atoms. The molecule has 2 rings (SSSR count). The number of furan rings is 2. The minimum atomic E-state index is -3.31. The summed E-state index contributed by atoms with van der Waals surface area (Å²) in [4.78, 5) is 13.8. The lowest BCUT2D eigenvalue weighted by molar-refractivity contribution is 0.0692. The summed E-state index contributed by atoms with van der Waals surface area (Å²) < 4.78 is 35.0. The predicted molar refractivity (Wildman–Crippen MR) is 79.6 cm³/mol. The third-order valence-corrected chi connectivity index (χ3v) is 3.91. The minimum Gasteiger partial charge on any atom is -0.467 e. The molecular formula is C14H18N2O5S. The largest absolute Gasteiger partial charge is 0.467 e. The van der Waals surface area contributed by atoms with Crippen LogP contribution in [0.5, 0.6) is 0 Å². The number of rotatable bonds is 6. The lowest BCUT2D eigenvalue weighted by Crippen LogP contribution is -2.29. The van der Waals surface area contributed by atoms with Crippen molar-refractivity contribution in [2.45, 2.75) is 19.5 Å². The highest BCUT2D eigenvalue weighted by atomic mass is 32.2. The SMILES string of the molecule is C[C@H](c1ccco1)N(C)C(=O)c1ccc(CNS(C)(=O)=O)o1. The molecule has 1 amide bonds. The predicted octanol–water partition coefficient (Wildman–Crippen LogP) is 1.76. The van der Waals surface area contributed by atoms with Crippen LogP contribution in [-0.2, 0) is 16.6 Å². The first-order valence-corrected chi connectivity index (χ1v) is 8.51. The van der Waals surface area contributed by atoms with Crippen molar-refractivity contribution in [3.63, 3.8) is 0 Å². The molecular weight excluding hydrogens is 308 g/mol. The van der Waals surface area contributed by atoms with Crippen LogP contribution in [0.3, 0.4) is 0 Å². The third kappa shape index (κ3) is 3.99. The Kier molecular flexibility index (Phi) is 4.72. The van der Waals surface area contributed by atoms with Crippen molar-refractivity contribution >= 4 is 15.9 Å². The minimum absolute atomic E-state index is 0.00354. The third-order valence-electron chi connectivity index (χ3n) is 3.24. The zero-order valence-electron chi connectivity index (χ0n) is 12.6. The number of sulfonamides is 1. The van der Waals surface area contributed by atoms with E-state index in [1.807, 2.05) is 6.92 Å². The van der Waals surface area contributed by atoms with Crippen LogP contribution >= 0.6 is 0 Å². The zero-order chi connectivity index (χ0) is 16.3. The monoisotopic (exact) mass is 326 g/mol. The Morgan fingerprint density at radius 2 is 2.09 bits per heavy atom. The molecule has 0 bridgehead atoms. The van der Waals surface area contributed by atoms with Crippen molar-refractivity contribution in [1.82, 2.24) is 9.62 Å². The van der Waals surface area contributed by atoms with Gasteiger partial charge in [-0.3, -0.25) is 4.79 Å². The number of nitrogens with zero attached hydrogens (tertiary/aromatic N) is 1. The molecule has 1 atom stereocenters. The van der Waals surface area contributed by atoms with Crippen molar-refractivity contribution in [2.75, 3.05) is 13.3 Å². The number of hydrogen-bond acceptors (Lipinski definition) is 5. The van der Waals surface area contributed by atoms with E-state index in [4.69, 9.17) is 8.83 Å². The molecule has 0 saturated heterocycles. The van der Waals surface area contributed by atoms with Crippen LogP contribution in [0.2, 0.25) is 0 Å². The van der Waals surface area contributed by atoms with Gasteiger partial charge >= 0.3 is 0 Å². The molecule has 0 aromatic carbocycles. The summed E-state index contributed by atoms with van der Waals surface area (Å²) in [6, 6.07) is 6.39. The Labute approximate surface area is 128 Å². The van der Waals surface area contributed by atoms with Crippen molar-refractivity contribution in [3.8, 4) is 0 Å². The zero-order valence-corrected chi connectivity index (χ0v) is 13.4. The van der Waals surface area contributed by atoms with E-state index >= 15 is 0 Å². The van der Waals surface area contributed by atoms with Crippen LogP contribution in [0.25, 0.3) is 0 Å². The maximum absolute atomic E-state index is 12.3. The van der Waals surface area contributed by atoms with Gasteiger partial charge in [0.1, 0.15) is 11.5 Å². The highest BCUT2D eigenvalue weighted by Crippen LogP contribution is 2.21. The van der Waals surface area contributed by atoms with Crippen molar-refractivity contribution in [3.05, 3.63) is 47.8 Å². The molecule has 0 aliphatic carbocycles. The average Bonchev–Trinajstić information content (AvgIpc) is 3.13. The fraction of sp³-hybridized carbons (Fsp3) is 0.357. The maximum Gasteiger partial charge on any atom is 0.289 e. The Hall–Kier alpha value is -2.06. The highest BCUT2D eigenvalue weighted by molar-refractivity contribution is 7.88. The molecule has 0 fully saturated rings. The van der Waals surface area contributed by atoms with Gasteiger partial charge in [0.25, 0.3) is 5.91 Å². The Bertz CT molecular complexity index is 733. The summed E-state index contributed by atoms with van der Waals surface area (Å²) in [7, 11) is -1.67. The number of carbonyl (C=O) groups excluding carboxylic acids is 1. The van der Waals surface area contributed by atoms with E-state index in [-0.39, 0.29) is 24.3 Å². The van der Waals surface area contributed by atoms with Crippen molar-refractivity contribution in [2.24, 2.45) is 0 Å². The molecule has 0 saturated carbocycles. The summed E-state index contributed by atoms with van der Waals surface area (Å²) in [6.45, 7) is 1.84. The summed E-state index contributed by atoms with van der Waals surface area (Å²) in [6.07, 6.45) is 2.60. The fourth-order valence-electron chi connectivity index (χ4n) is 1.86. The summed E-state index contributed by atoms with van der Waals surface area (Å²) in [5, 5.41) is 0. The number of nitrogens with one attached hydrogen (secondary N) is 1. The van der Waals surface area contributed by atoms with E-state index in [2.05, 4.69) is 4.72 Å². The van der Waals surface area contributed by atoms with E-state index in [0.717, 1.165) is 6.26 Å². The average molecular weight is 326 g/mol. The normalized spacial score (nSPS) is 13.0. The van der Waals surface area contributed by atoms with Gasteiger partial charge < -0.3 is 13.7 Å². The van der Waals surface area contributed by atoms with Gasteiger partial charge in [0.15, 0.2) is 5.76 Å². The molecule has 0 radical (unpaired) electrons. The van der Waals surface area contributed by atoms with Crippen LogP contribution in [-0.4, -0.2) is 32.5 Å². The van der Waals surface area contributed by atoms with Crippen LogP contribution < -0.4 is 4.72 Å². The molecule has 1 N–H and O–H groups in total. The van der Waals surface area contributed by atoms with Crippen LogP contribution in [0.4, 0.5) is 0 Å². The van der Waals surface area contributed by atoms with Crippen LogP contribution in [0.1, 0.15) is 35.0 Å². The molecule has 0 spiro atoms. The lowest BCUT2D eigenvalue weighted by atomic mass is 10.2. The first-order chi connectivity index (χ1) is 10.3. The highest BCUT2D eigenvalue weighted by Gasteiger charge is 2.23. The summed E-state index contributed by atoms with van der Waals surface area (Å²) in [5.74, 6) is 0.870. The van der Waals surface area contributed by atoms with E-state index in [9.17, 15) is 13.2 Å². The number of amides is 1. The van der Waals surface area contributed by atoms with Crippen LogP contribution in [0.15, 0.2) is 39.4 Å². The Balaban J connectivity index is 2.05. The number of carbonyl (C=O) groups is 1. The lowest BCUT2D eigenvalue weighted by Gasteiger charge is -2.22. The van der Waals surface area contributed by atoms with Crippen LogP contribution in [0, 0.1) is 0 Å². The quantitative estimate of drug-likeness (QED) is 0.873. The molecule has 0 aliphatic rings. The molecule has 0 unspecified atom stereocenters. The second-order valence-electron chi connectivity index (χ2n) is 4.97. The van der Waals surface area contributed by atoms with Gasteiger partial charge in [-0.1, -0.05) is 0 Å². The molecule has 2 aromatic heterocycles. The van der Waals surface area contributed by atoms with E-state index < -0.39 is 10.0 Å². The fourth-order valence-corrected chi connectivity index (χ4v) is 2.26. The molecule has 8 heteroatoms. The molecule has 7 nitrogen and oxygen atoms in total. The second-order valence-corrected chi connectivity index (χ2v) is 6.80. The van der Waals surface area contributed by atoms with E-state index in [1.54, 1.807) is 31.5 Å². The van der Waals surface area contributed by atoms with Gasteiger partial charge in [0, 0.05) is 7.05 Å². The summed E-state index contributed by atoms with van der Waals surface area (Å²) >= 11 is 0. The standard InChI is InChI=1S/C14H18N2O5S/c1-10(12-5-4-8-20-12)16(2)14(17)13-7-6-11(21-13)9-15-22(3,18)19/h4-8,10,15H,9H2,1-3H3/t10-/m1/s1. The maximum atomic E-state index is 12.3. The first-order valence-electron chi connectivity index (χ1n) is 6.62. The molecule has 2 heterocycles. The van der Waals surface area contributed by atoms with E-state index in [0.29, 0.717) is 11.5 Å². The van der Waals surface area contributed by atoms with Gasteiger partial charge in [0.05, 0.1) is 25.1 Å². The van der Waals surface area contributed by atoms with Gasteiger partial charge in [-0.05, 0) is 31.2 Å². The van der Waals surface area contributed by atoms with Gasteiger partial charge in [-0.2, -0.15) is 0 Å². The van der Waals surface area contributed by atoms with Crippen molar-refractivity contribution in [1.29, 1.82) is 0 Å². The number of hydrogen-bond donors (Lipinski definition) is 1. The smallest absolute Gasteiger partial charge is 0.289 e. The van der Waals surface area contributed by atoms with Crippen molar-refractivity contribution < 1.29 is 22.0 Å². The Morgan fingerprint density at radius 3 is 2.68 bits per heavy atom. The molecule has 2 aromatic rings. The molecule has 120 valence electrons. The molecule has 0 aliphatic heterocycles. The van der Waals surface area contributed by atoms with Gasteiger partial charge in [-0.15, -0.1) is 0 Å². The second kappa shape index (κ2) is 6.37.